The second kappa shape index (κ2) is 7.56. The lowest BCUT2D eigenvalue weighted by Crippen LogP contribution is -2.32. The fourth-order valence-electron chi connectivity index (χ4n) is 4.36. The molecule has 6 heteroatoms. The highest BCUT2D eigenvalue weighted by Gasteiger charge is 2.38. The standard InChI is InChI=1S/C22H27FN2O2S/c1-14-8-17(9-15(2)24-14)12-22(28)4-5-25(13-22)16(3)18-10-20-21(11-19(18)23)27-7-6-26-20/h8-11,16,28H,4-7,12-13H2,1-3H3/t16?,22-/m0/s1. The number of hydrogen-bond acceptors (Lipinski definition) is 5. The number of aromatic nitrogens is 1. The highest BCUT2D eigenvalue weighted by Crippen LogP contribution is 2.40. The van der Waals surface area contributed by atoms with Crippen LogP contribution in [-0.4, -0.2) is 40.9 Å². The number of nitrogens with zero attached hydrogens (tertiary/aromatic N) is 2. The second-order valence-corrected chi connectivity index (χ2v) is 9.02. The molecule has 2 aliphatic rings. The number of benzene rings is 1. The number of pyridine rings is 1. The van der Waals surface area contributed by atoms with Crippen LogP contribution in [0.4, 0.5) is 4.39 Å². The molecule has 4 nitrogen and oxygen atoms in total. The molecule has 1 saturated heterocycles. The van der Waals surface area contributed by atoms with Crippen LogP contribution >= 0.6 is 12.6 Å². The van der Waals surface area contributed by atoms with Gasteiger partial charge in [-0.3, -0.25) is 9.88 Å². The molecule has 0 N–H and O–H groups in total. The van der Waals surface area contributed by atoms with Crippen molar-refractivity contribution in [1.29, 1.82) is 0 Å². The minimum atomic E-state index is -0.242. The third-order valence-corrected chi connectivity index (χ3v) is 6.22. The summed E-state index contributed by atoms with van der Waals surface area (Å²) < 4.78 is 25.7. The first kappa shape index (κ1) is 19.5. The van der Waals surface area contributed by atoms with Gasteiger partial charge in [-0.05, 0) is 57.4 Å². The molecule has 1 aromatic carbocycles. The molecule has 28 heavy (non-hydrogen) atoms. The molecule has 1 unspecified atom stereocenters. The molecular formula is C22H27FN2O2S. The summed E-state index contributed by atoms with van der Waals surface area (Å²) in [7, 11) is 0. The van der Waals surface area contributed by atoms with Crippen molar-refractivity contribution in [1.82, 2.24) is 9.88 Å². The highest BCUT2D eigenvalue weighted by molar-refractivity contribution is 7.81. The highest BCUT2D eigenvalue weighted by atomic mass is 32.1. The van der Waals surface area contributed by atoms with E-state index in [1.807, 2.05) is 13.8 Å². The van der Waals surface area contributed by atoms with E-state index in [0.29, 0.717) is 30.3 Å². The van der Waals surface area contributed by atoms with E-state index in [0.717, 1.165) is 37.3 Å². The van der Waals surface area contributed by atoms with Crippen LogP contribution in [0.2, 0.25) is 0 Å². The Kier molecular flexibility index (Phi) is 5.27. The number of thiol groups is 1. The summed E-state index contributed by atoms with van der Waals surface area (Å²) in [5, 5.41) is 0. The molecule has 0 aliphatic carbocycles. The quantitative estimate of drug-likeness (QED) is 0.774. The first-order valence-corrected chi connectivity index (χ1v) is 10.3. The van der Waals surface area contributed by atoms with Crippen LogP contribution in [-0.2, 0) is 6.42 Å². The van der Waals surface area contributed by atoms with Crippen molar-refractivity contribution in [3.63, 3.8) is 0 Å². The van der Waals surface area contributed by atoms with Gasteiger partial charge in [0.25, 0.3) is 0 Å². The summed E-state index contributed by atoms with van der Waals surface area (Å²) in [6, 6.07) is 7.47. The molecule has 3 heterocycles. The van der Waals surface area contributed by atoms with Gasteiger partial charge in [0.15, 0.2) is 11.5 Å². The number of ether oxygens (including phenoxy) is 2. The van der Waals surface area contributed by atoms with E-state index in [4.69, 9.17) is 22.1 Å². The predicted molar refractivity (Wildman–Crippen MR) is 111 cm³/mol. The van der Waals surface area contributed by atoms with E-state index in [9.17, 15) is 4.39 Å². The van der Waals surface area contributed by atoms with Gasteiger partial charge in [0, 0.05) is 46.9 Å². The molecule has 0 spiro atoms. The van der Waals surface area contributed by atoms with Crippen LogP contribution in [0.1, 0.15) is 41.9 Å². The number of halogens is 1. The Balaban J connectivity index is 1.50. The molecule has 1 fully saturated rings. The molecule has 2 aromatic rings. The van der Waals surface area contributed by atoms with Crippen LogP contribution in [0.3, 0.4) is 0 Å². The van der Waals surface area contributed by atoms with E-state index >= 15 is 0 Å². The lowest BCUT2D eigenvalue weighted by atomic mass is 9.97. The van der Waals surface area contributed by atoms with Gasteiger partial charge in [-0.2, -0.15) is 12.6 Å². The van der Waals surface area contributed by atoms with Crippen LogP contribution in [0.15, 0.2) is 24.3 Å². The smallest absolute Gasteiger partial charge is 0.164 e. The molecule has 150 valence electrons. The number of hydrogen-bond donors (Lipinski definition) is 1. The van der Waals surface area contributed by atoms with Crippen LogP contribution in [0, 0.1) is 19.7 Å². The van der Waals surface area contributed by atoms with E-state index in [-0.39, 0.29) is 16.6 Å². The molecule has 0 saturated carbocycles. The topological polar surface area (TPSA) is 34.6 Å². The maximum Gasteiger partial charge on any atom is 0.164 e. The average Bonchev–Trinajstić information content (AvgIpc) is 3.01. The van der Waals surface area contributed by atoms with E-state index in [2.05, 4.69) is 28.9 Å². The summed E-state index contributed by atoms with van der Waals surface area (Å²) in [6.07, 6.45) is 1.85. The lowest BCUT2D eigenvalue weighted by molar-refractivity contribution is 0.169. The Morgan fingerprint density at radius 3 is 2.46 bits per heavy atom. The van der Waals surface area contributed by atoms with E-state index < -0.39 is 0 Å². The third-order valence-electron chi connectivity index (χ3n) is 5.70. The zero-order valence-electron chi connectivity index (χ0n) is 16.7. The predicted octanol–water partition coefficient (Wildman–Crippen LogP) is 4.29. The van der Waals surface area contributed by atoms with Crippen LogP contribution < -0.4 is 9.47 Å². The van der Waals surface area contributed by atoms with Crippen molar-refractivity contribution in [2.45, 2.75) is 44.4 Å². The summed E-state index contributed by atoms with van der Waals surface area (Å²) >= 11 is 5.03. The number of likely N-dealkylation sites (tertiary alicyclic amines) is 1. The first-order chi connectivity index (χ1) is 13.3. The second-order valence-electron chi connectivity index (χ2n) is 8.07. The monoisotopic (exact) mass is 402 g/mol. The van der Waals surface area contributed by atoms with Crippen LogP contribution in [0.5, 0.6) is 11.5 Å². The zero-order chi connectivity index (χ0) is 19.9. The largest absolute Gasteiger partial charge is 0.486 e. The van der Waals surface area contributed by atoms with Gasteiger partial charge in [-0.25, -0.2) is 4.39 Å². The van der Waals surface area contributed by atoms with Gasteiger partial charge < -0.3 is 9.47 Å². The number of aryl methyl sites for hydroxylation is 2. The van der Waals surface area contributed by atoms with Crippen molar-refractivity contribution in [2.24, 2.45) is 0 Å². The summed E-state index contributed by atoms with van der Waals surface area (Å²) in [6.45, 7) is 8.76. The summed E-state index contributed by atoms with van der Waals surface area (Å²) in [4.78, 5) is 6.77. The molecule has 2 aliphatic heterocycles. The summed E-state index contributed by atoms with van der Waals surface area (Å²) in [5.41, 5.74) is 3.99. The maximum atomic E-state index is 14.7. The van der Waals surface area contributed by atoms with Crippen LogP contribution in [0.25, 0.3) is 0 Å². The molecule has 2 atom stereocenters. The van der Waals surface area contributed by atoms with Gasteiger partial charge in [0.2, 0.25) is 0 Å². The SMILES string of the molecule is Cc1cc(C[C@@]2(S)CCN(C(C)c3cc4c(cc3F)OCCO4)C2)cc(C)n1. The fourth-order valence-corrected chi connectivity index (χ4v) is 4.83. The minimum Gasteiger partial charge on any atom is -0.486 e. The molecule has 0 bridgehead atoms. The van der Waals surface area contributed by atoms with Crippen molar-refractivity contribution < 1.29 is 13.9 Å². The van der Waals surface area contributed by atoms with Crippen molar-refractivity contribution >= 4 is 12.6 Å². The normalized spacial score (nSPS) is 23.0. The molecular weight excluding hydrogens is 375 g/mol. The lowest BCUT2D eigenvalue weighted by Gasteiger charge is -2.29. The van der Waals surface area contributed by atoms with Gasteiger partial charge in [-0.15, -0.1) is 0 Å². The zero-order valence-corrected chi connectivity index (χ0v) is 17.6. The Morgan fingerprint density at radius 1 is 1.14 bits per heavy atom. The Labute approximate surface area is 171 Å². The molecule has 0 amide bonds. The van der Waals surface area contributed by atoms with Gasteiger partial charge in [0.1, 0.15) is 19.0 Å². The number of rotatable bonds is 4. The van der Waals surface area contributed by atoms with Crippen molar-refractivity contribution in [2.75, 3.05) is 26.3 Å². The van der Waals surface area contributed by atoms with Crippen molar-refractivity contribution in [3.05, 3.63) is 52.6 Å². The molecule has 1 aromatic heterocycles. The van der Waals surface area contributed by atoms with Gasteiger partial charge in [0.05, 0.1) is 0 Å². The molecule has 0 radical (unpaired) electrons. The molecule has 4 rings (SSSR count). The fraction of sp³-hybridized carbons (Fsp3) is 0.500. The maximum absolute atomic E-state index is 14.7. The van der Waals surface area contributed by atoms with E-state index in [1.165, 1.54) is 11.6 Å². The Bertz CT molecular complexity index is 871. The third kappa shape index (κ3) is 3.98. The van der Waals surface area contributed by atoms with E-state index in [1.54, 1.807) is 6.07 Å². The average molecular weight is 403 g/mol. The van der Waals surface area contributed by atoms with Gasteiger partial charge in [-0.1, -0.05) is 0 Å². The number of fused-ring (bicyclic) bond motifs is 1. The minimum absolute atomic E-state index is 0.0502. The van der Waals surface area contributed by atoms with Crippen molar-refractivity contribution in [3.8, 4) is 11.5 Å². The first-order valence-electron chi connectivity index (χ1n) is 9.83. The van der Waals surface area contributed by atoms with Gasteiger partial charge >= 0.3 is 0 Å². The Morgan fingerprint density at radius 2 is 1.79 bits per heavy atom. The summed E-state index contributed by atoms with van der Waals surface area (Å²) in [5.74, 6) is 0.885. The Hall–Kier alpha value is -1.79.